The van der Waals surface area contributed by atoms with Crippen molar-refractivity contribution in [2.75, 3.05) is 19.0 Å². The predicted octanol–water partition coefficient (Wildman–Crippen LogP) is 2.95. The van der Waals surface area contributed by atoms with E-state index in [0.717, 1.165) is 0 Å². The number of benzene rings is 1. The van der Waals surface area contributed by atoms with E-state index >= 15 is 0 Å². The number of carbonyl (C=O) groups excluding carboxylic acids is 1. The van der Waals surface area contributed by atoms with Crippen LogP contribution in [0.3, 0.4) is 0 Å². The Morgan fingerprint density at radius 3 is 3.00 bits per heavy atom. The Morgan fingerprint density at radius 2 is 2.31 bits per heavy atom. The number of halogens is 2. The minimum atomic E-state index is -0.379. The van der Waals surface area contributed by atoms with Crippen LogP contribution in [0.25, 0.3) is 0 Å². The highest BCUT2D eigenvalue weighted by molar-refractivity contribution is 9.10. The molecule has 1 aromatic carbocycles. The molecule has 0 saturated heterocycles. The molecule has 16 heavy (non-hydrogen) atoms. The van der Waals surface area contributed by atoms with Crippen molar-refractivity contribution in [3.05, 3.63) is 28.5 Å². The second-order valence-corrected chi connectivity index (χ2v) is 4.12. The predicted molar refractivity (Wildman–Crippen MR) is 63.8 cm³/mol. The highest BCUT2D eigenvalue weighted by Gasteiger charge is 2.06. The van der Waals surface area contributed by atoms with Crippen molar-refractivity contribution in [1.29, 1.82) is 0 Å². The summed E-state index contributed by atoms with van der Waals surface area (Å²) in [6.07, 6.45) is 1.01. The smallest absolute Gasteiger partial charge is 0.224 e. The number of methoxy groups -OCH3 is 1. The quantitative estimate of drug-likeness (QED) is 0.847. The van der Waals surface area contributed by atoms with Gasteiger partial charge in [0.25, 0.3) is 0 Å². The van der Waals surface area contributed by atoms with Crippen molar-refractivity contribution in [2.45, 2.75) is 12.8 Å². The van der Waals surface area contributed by atoms with E-state index < -0.39 is 0 Å². The Labute approximate surface area is 102 Å². The zero-order valence-electron chi connectivity index (χ0n) is 8.93. The molecule has 0 aromatic heterocycles. The highest BCUT2D eigenvalue weighted by Crippen LogP contribution is 2.23. The van der Waals surface area contributed by atoms with Gasteiger partial charge in [-0.3, -0.25) is 4.79 Å². The number of hydrogen-bond acceptors (Lipinski definition) is 2. The molecule has 0 spiro atoms. The van der Waals surface area contributed by atoms with Gasteiger partial charge in [-0.25, -0.2) is 4.39 Å². The molecule has 0 aliphatic heterocycles. The van der Waals surface area contributed by atoms with E-state index in [1.165, 1.54) is 12.1 Å². The summed E-state index contributed by atoms with van der Waals surface area (Å²) >= 11 is 3.23. The van der Waals surface area contributed by atoms with Gasteiger partial charge in [-0.05, 0) is 40.5 Å². The van der Waals surface area contributed by atoms with E-state index in [1.54, 1.807) is 13.2 Å². The summed E-state index contributed by atoms with van der Waals surface area (Å²) in [5.41, 5.74) is 0.447. The van der Waals surface area contributed by atoms with Crippen molar-refractivity contribution in [3.63, 3.8) is 0 Å². The molecule has 1 aromatic rings. The average molecular weight is 290 g/mol. The fourth-order valence-electron chi connectivity index (χ4n) is 1.18. The monoisotopic (exact) mass is 289 g/mol. The lowest BCUT2D eigenvalue weighted by Gasteiger charge is -2.07. The standard InChI is InChI=1S/C11H13BrFNO2/c1-16-6-2-3-11(15)14-10-7-8(13)4-5-9(10)12/h4-5,7H,2-3,6H2,1H3,(H,14,15). The Bertz CT molecular complexity index is 371. The van der Waals surface area contributed by atoms with Crippen LogP contribution in [0.2, 0.25) is 0 Å². The first-order valence-electron chi connectivity index (χ1n) is 4.87. The summed E-state index contributed by atoms with van der Waals surface area (Å²) in [7, 11) is 1.58. The molecule has 0 atom stereocenters. The summed E-state index contributed by atoms with van der Waals surface area (Å²) in [6.45, 7) is 0.539. The van der Waals surface area contributed by atoms with E-state index in [4.69, 9.17) is 4.74 Å². The molecule has 0 heterocycles. The summed E-state index contributed by atoms with van der Waals surface area (Å²) in [5.74, 6) is -0.529. The van der Waals surface area contributed by atoms with Crippen molar-refractivity contribution in [1.82, 2.24) is 0 Å². The molecule has 0 bridgehead atoms. The van der Waals surface area contributed by atoms with E-state index in [0.29, 0.717) is 29.6 Å². The minimum absolute atomic E-state index is 0.150. The van der Waals surface area contributed by atoms with Crippen LogP contribution in [0.15, 0.2) is 22.7 Å². The Balaban J connectivity index is 2.52. The molecule has 0 aliphatic rings. The summed E-state index contributed by atoms with van der Waals surface area (Å²) < 4.78 is 18.4. The second-order valence-electron chi connectivity index (χ2n) is 3.27. The van der Waals surface area contributed by atoms with E-state index in [1.807, 2.05) is 0 Å². The van der Waals surface area contributed by atoms with Crippen LogP contribution in [0.5, 0.6) is 0 Å². The third kappa shape index (κ3) is 4.28. The molecule has 1 amide bonds. The largest absolute Gasteiger partial charge is 0.385 e. The molecule has 5 heteroatoms. The maximum atomic E-state index is 12.9. The summed E-state index contributed by atoms with van der Waals surface area (Å²) in [4.78, 5) is 11.4. The third-order valence-electron chi connectivity index (χ3n) is 1.95. The van der Waals surface area contributed by atoms with Crippen LogP contribution in [-0.2, 0) is 9.53 Å². The zero-order valence-corrected chi connectivity index (χ0v) is 10.5. The van der Waals surface area contributed by atoms with Gasteiger partial charge < -0.3 is 10.1 Å². The van der Waals surface area contributed by atoms with Crippen molar-refractivity contribution < 1.29 is 13.9 Å². The molecule has 1 rings (SSSR count). The van der Waals surface area contributed by atoms with Crippen LogP contribution < -0.4 is 5.32 Å². The Kier molecular flexibility index (Phi) is 5.42. The number of amides is 1. The molecule has 0 aliphatic carbocycles. The first kappa shape index (κ1) is 13.1. The number of rotatable bonds is 5. The van der Waals surface area contributed by atoms with Gasteiger partial charge in [0.2, 0.25) is 5.91 Å². The molecule has 1 N–H and O–H groups in total. The highest BCUT2D eigenvalue weighted by atomic mass is 79.9. The third-order valence-corrected chi connectivity index (χ3v) is 2.65. The Morgan fingerprint density at radius 1 is 1.56 bits per heavy atom. The molecular weight excluding hydrogens is 277 g/mol. The number of hydrogen-bond donors (Lipinski definition) is 1. The lowest BCUT2D eigenvalue weighted by molar-refractivity contribution is -0.116. The van der Waals surface area contributed by atoms with Crippen molar-refractivity contribution in [3.8, 4) is 0 Å². The van der Waals surface area contributed by atoms with E-state index in [2.05, 4.69) is 21.2 Å². The van der Waals surface area contributed by atoms with Gasteiger partial charge >= 0.3 is 0 Å². The molecule has 3 nitrogen and oxygen atoms in total. The van der Waals surface area contributed by atoms with Crippen LogP contribution >= 0.6 is 15.9 Å². The van der Waals surface area contributed by atoms with Gasteiger partial charge in [0, 0.05) is 24.6 Å². The van der Waals surface area contributed by atoms with Gasteiger partial charge in [-0.15, -0.1) is 0 Å². The second kappa shape index (κ2) is 6.60. The van der Waals surface area contributed by atoms with Crippen LogP contribution in [-0.4, -0.2) is 19.6 Å². The number of anilines is 1. The van der Waals surface area contributed by atoms with Crippen LogP contribution in [0, 0.1) is 5.82 Å². The normalized spacial score (nSPS) is 10.2. The minimum Gasteiger partial charge on any atom is -0.385 e. The number of nitrogens with one attached hydrogen (secondary N) is 1. The van der Waals surface area contributed by atoms with Crippen LogP contribution in [0.4, 0.5) is 10.1 Å². The molecular formula is C11H13BrFNO2. The van der Waals surface area contributed by atoms with Gasteiger partial charge in [-0.1, -0.05) is 0 Å². The van der Waals surface area contributed by atoms with Crippen molar-refractivity contribution in [2.24, 2.45) is 0 Å². The lowest BCUT2D eigenvalue weighted by Crippen LogP contribution is -2.12. The lowest BCUT2D eigenvalue weighted by atomic mass is 10.2. The number of ether oxygens (including phenoxy) is 1. The maximum absolute atomic E-state index is 12.9. The van der Waals surface area contributed by atoms with Gasteiger partial charge in [0.05, 0.1) is 5.69 Å². The topological polar surface area (TPSA) is 38.3 Å². The fraction of sp³-hybridized carbons (Fsp3) is 0.364. The number of carbonyl (C=O) groups is 1. The SMILES string of the molecule is COCCCC(=O)Nc1cc(F)ccc1Br. The van der Waals surface area contributed by atoms with E-state index in [-0.39, 0.29) is 11.7 Å². The summed E-state index contributed by atoms with van der Waals surface area (Å²) in [5, 5.41) is 2.63. The first-order valence-corrected chi connectivity index (χ1v) is 5.66. The fourth-order valence-corrected chi connectivity index (χ4v) is 1.53. The summed E-state index contributed by atoms with van der Waals surface area (Å²) in [6, 6.07) is 4.16. The van der Waals surface area contributed by atoms with Crippen molar-refractivity contribution >= 4 is 27.5 Å². The zero-order chi connectivity index (χ0) is 12.0. The maximum Gasteiger partial charge on any atom is 0.224 e. The Hall–Kier alpha value is -0.940. The molecule has 0 saturated carbocycles. The molecule has 0 unspecified atom stereocenters. The average Bonchev–Trinajstić information content (AvgIpc) is 2.24. The van der Waals surface area contributed by atoms with E-state index in [9.17, 15) is 9.18 Å². The first-order chi connectivity index (χ1) is 7.63. The van der Waals surface area contributed by atoms with Gasteiger partial charge in [-0.2, -0.15) is 0 Å². The molecule has 0 radical (unpaired) electrons. The molecule has 0 fully saturated rings. The van der Waals surface area contributed by atoms with Gasteiger partial charge in [0.15, 0.2) is 0 Å². The molecule has 88 valence electrons. The van der Waals surface area contributed by atoms with Gasteiger partial charge in [0.1, 0.15) is 5.82 Å². The van der Waals surface area contributed by atoms with Crippen LogP contribution in [0.1, 0.15) is 12.8 Å².